The number of benzene rings is 1. The van der Waals surface area contributed by atoms with Gasteiger partial charge in [0.25, 0.3) is 0 Å². The van der Waals surface area contributed by atoms with Crippen molar-refractivity contribution in [1.82, 2.24) is 4.57 Å². The van der Waals surface area contributed by atoms with Crippen molar-refractivity contribution >= 4 is 17.2 Å². The van der Waals surface area contributed by atoms with Crippen LogP contribution in [0.15, 0.2) is 24.3 Å². The van der Waals surface area contributed by atoms with Gasteiger partial charge in [0.1, 0.15) is 0 Å². The molecule has 1 aliphatic rings. The second-order valence-corrected chi connectivity index (χ2v) is 4.42. The van der Waals surface area contributed by atoms with Crippen molar-refractivity contribution in [3.63, 3.8) is 0 Å². The van der Waals surface area contributed by atoms with Crippen LogP contribution < -0.4 is 0 Å². The number of rotatable bonds is 1. The molecule has 0 bridgehead atoms. The molecule has 2 aromatic rings. The Morgan fingerprint density at radius 1 is 1.40 bits per heavy atom. The highest BCUT2D eigenvalue weighted by Crippen LogP contribution is 2.32. The highest BCUT2D eigenvalue weighted by molar-refractivity contribution is 5.99. The van der Waals surface area contributed by atoms with Gasteiger partial charge in [-0.2, -0.15) is 0 Å². The number of para-hydroxylation sites is 1. The maximum Gasteiger partial charge on any atom is 0.152 e. The summed E-state index contributed by atoms with van der Waals surface area (Å²) in [5.74, 6) is 0.656. The molecular formula is C13H13NO. The summed E-state index contributed by atoms with van der Waals surface area (Å²) in [6.07, 6.45) is 2.04. The Morgan fingerprint density at radius 2 is 2.20 bits per heavy atom. The van der Waals surface area contributed by atoms with Gasteiger partial charge in [0.05, 0.1) is 0 Å². The van der Waals surface area contributed by atoms with Crippen molar-refractivity contribution in [1.29, 1.82) is 0 Å². The van der Waals surface area contributed by atoms with E-state index in [9.17, 15) is 4.79 Å². The summed E-state index contributed by atoms with van der Waals surface area (Å²) < 4.78 is 2.30. The lowest BCUT2D eigenvalue weighted by atomic mass is 10.0. The third-order valence-corrected chi connectivity index (χ3v) is 3.28. The van der Waals surface area contributed by atoms with E-state index in [2.05, 4.69) is 17.6 Å². The van der Waals surface area contributed by atoms with Gasteiger partial charge >= 0.3 is 0 Å². The van der Waals surface area contributed by atoms with E-state index in [-0.39, 0.29) is 0 Å². The third-order valence-electron chi connectivity index (χ3n) is 3.28. The van der Waals surface area contributed by atoms with Gasteiger partial charge in [-0.1, -0.05) is 25.1 Å². The minimum Gasteiger partial charge on any atom is -0.344 e. The zero-order valence-electron chi connectivity index (χ0n) is 8.73. The van der Waals surface area contributed by atoms with Gasteiger partial charge in [0, 0.05) is 28.7 Å². The minimum atomic E-state index is 0.656. The molecule has 0 saturated carbocycles. The average Bonchev–Trinajstić information content (AvgIpc) is 2.73. The monoisotopic (exact) mass is 199 g/mol. The molecule has 1 aromatic carbocycles. The predicted molar refractivity (Wildman–Crippen MR) is 60.2 cm³/mol. The molecule has 0 fully saturated rings. The first-order valence-electron chi connectivity index (χ1n) is 5.36. The van der Waals surface area contributed by atoms with Crippen LogP contribution in [-0.4, -0.2) is 10.9 Å². The number of fused-ring (bicyclic) bond motifs is 3. The van der Waals surface area contributed by atoms with E-state index in [1.807, 2.05) is 18.2 Å². The summed E-state index contributed by atoms with van der Waals surface area (Å²) in [6.45, 7) is 3.28. The van der Waals surface area contributed by atoms with Crippen molar-refractivity contribution in [3.8, 4) is 0 Å². The zero-order valence-corrected chi connectivity index (χ0v) is 8.73. The number of hydrogen-bond donors (Lipinski definition) is 0. The zero-order chi connectivity index (χ0) is 10.4. The van der Waals surface area contributed by atoms with Gasteiger partial charge in [-0.3, -0.25) is 4.79 Å². The Morgan fingerprint density at radius 3 is 3.00 bits per heavy atom. The summed E-state index contributed by atoms with van der Waals surface area (Å²) >= 11 is 0. The van der Waals surface area contributed by atoms with E-state index < -0.39 is 0 Å². The van der Waals surface area contributed by atoms with Crippen molar-refractivity contribution in [3.05, 3.63) is 35.5 Å². The van der Waals surface area contributed by atoms with Crippen LogP contribution in [0.1, 0.15) is 23.0 Å². The van der Waals surface area contributed by atoms with Crippen molar-refractivity contribution < 1.29 is 4.79 Å². The number of carbonyl (C=O) groups excluding carboxylic acids is 1. The molecular weight excluding hydrogens is 186 g/mol. The van der Waals surface area contributed by atoms with E-state index in [4.69, 9.17) is 0 Å². The van der Waals surface area contributed by atoms with E-state index >= 15 is 0 Å². The van der Waals surface area contributed by atoms with Gasteiger partial charge in [-0.15, -0.1) is 0 Å². The lowest BCUT2D eigenvalue weighted by Crippen LogP contribution is -1.96. The maximum atomic E-state index is 11.1. The van der Waals surface area contributed by atoms with Crippen LogP contribution in [0.5, 0.6) is 0 Å². The summed E-state index contributed by atoms with van der Waals surface area (Å²) in [4.78, 5) is 11.1. The molecule has 1 aromatic heterocycles. The molecule has 1 aliphatic heterocycles. The maximum absolute atomic E-state index is 11.1. The molecule has 3 rings (SSSR count). The minimum absolute atomic E-state index is 0.656. The molecule has 0 aliphatic carbocycles. The molecule has 2 heterocycles. The number of aromatic nitrogens is 1. The molecule has 0 N–H and O–H groups in total. The standard InChI is InChI=1S/C13H13NO/c1-9-6-13-11(8-15)10-4-2-3-5-12(10)14(13)7-9/h2-5,8-9H,6-7H2,1H3. The predicted octanol–water partition coefficient (Wildman–Crippen LogP) is 2.65. The first-order chi connectivity index (χ1) is 7.31. The van der Waals surface area contributed by atoms with E-state index in [1.54, 1.807) is 0 Å². The van der Waals surface area contributed by atoms with Crippen LogP contribution >= 0.6 is 0 Å². The quantitative estimate of drug-likeness (QED) is 0.647. The van der Waals surface area contributed by atoms with Crippen LogP contribution in [0.3, 0.4) is 0 Å². The Kier molecular flexibility index (Phi) is 1.72. The smallest absolute Gasteiger partial charge is 0.152 e. The molecule has 1 atom stereocenters. The summed E-state index contributed by atoms with van der Waals surface area (Å²) in [7, 11) is 0. The van der Waals surface area contributed by atoms with E-state index in [0.29, 0.717) is 5.92 Å². The molecule has 0 amide bonds. The lowest BCUT2D eigenvalue weighted by molar-refractivity contribution is 0.112. The molecule has 2 nitrogen and oxygen atoms in total. The number of carbonyl (C=O) groups is 1. The Labute approximate surface area is 88.5 Å². The van der Waals surface area contributed by atoms with Crippen LogP contribution in [0.25, 0.3) is 10.9 Å². The molecule has 76 valence electrons. The summed E-state index contributed by atoms with van der Waals surface area (Å²) in [5, 5.41) is 1.11. The van der Waals surface area contributed by atoms with Crippen LogP contribution in [0.4, 0.5) is 0 Å². The first kappa shape index (κ1) is 8.72. The molecule has 0 spiro atoms. The number of aldehydes is 1. The van der Waals surface area contributed by atoms with Crippen LogP contribution in [-0.2, 0) is 13.0 Å². The normalized spacial score (nSPS) is 19.4. The second kappa shape index (κ2) is 2.96. The highest BCUT2D eigenvalue weighted by Gasteiger charge is 2.24. The Bertz CT molecular complexity index is 539. The average molecular weight is 199 g/mol. The van der Waals surface area contributed by atoms with Gasteiger partial charge in [0.15, 0.2) is 6.29 Å². The largest absolute Gasteiger partial charge is 0.344 e. The van der Waals surface area contributed by atoms with E-state index in [1.165, 1.54) is 11.2 Å². The molecule has 1 unspecified atom stereocenters. The van der Waals surface area contributed by atoms with Gasteiger partial charge in [-0.25, -0.2) is 0 Å². The third kappa shape index (κ3) is 1.08. The van der Waals surface area contributed by atoms with Gasteiger partial charge in [-0.05, 0) is 18.4 Å². The first-order valence-corrected chi connectivity index (χ1v) is 5.36. The topological polar surface area (TPSA) is 22.0 Å². The SMILES string of the molecule is CC1Cc2c(C=O)c3ccccc3n2C1. The molecule has 2 heteroatoms. The van der Waals surface area contributed by atoms with Crippen molar-refractivity contribution in [2.24, 2.45) is 5.92 Å². The highest BCUT2D eigenvalue weighted by atomic mass is 16.1. The fourth-order valence-electron chi connectivity index (χ4n) is 2.65. The number of nitrogens with zero attached hydrogens (tertiary/aromatic N) is 1. The van der Waals surface area contributed by atoms with Crippen molar-refractivity contribution in [2.75, 3.05) is 0 Å². The molecule has 0 saturated heterocycles. The Balaban J connectivity index is 2.39. The van der Waals surface area contributed by atoms with Crippen LogP contribution in [0, 0.1) is 5.92 Å². The number of hydrogen-bond acceptors (Lipinski definition) is 1. The Hall–Kier alpha value is -1.57. The fraction of sp³-hybridized carbons (Fsp3) is 0.308. The van der Waals surface area contributed by atoms with E-state index in [0.717, 1.165) is 30.2 Å². The van der Waals surface area contributed by atoms with Crippen molar-refractivity contribution in [2.45, 2.75) is 19.9 Å². The molecule has 15 heavy (non-hydrogen) atoms. The lowest BCUT2D eigenvalue weighted by Gasteiger charge is -2.01. The summed E-state index contributed by atoms with van der Waals surface area (Å²) in [6, 6.07) is 8.17. The van der Waals surface area contributed by atoms with Gasteiger partial charge in [0.2, 0.25) is 0 Å². The van der Waals surface area contributed by atoms with Crippen LogP contribution in [0.2, 0.25) is 0 Å². The summed E-state index contributed by atoms with van der Waals surface area (Å²) in [5.41, 5.74) is 3.33. The second-order valence-electron chi connectivity index (χ2n) is 4.42. The van der Waals surface area contributed by atoms with Gasteiger partial charge < -0.3 is 4.57 Å². The molecule has 0 radical (unpaired) electrons. The fourth-order valence-corrected chi connectivity index (χ4v) is 2.65.